The average molecular weight is 532 g/mol. The first kappa shape index (κ1) is 26.4. The molecule has 7 nitrogen and oxygen atoms in total. The number of nitrogens with one attached hydrogen (secondary N) is 1. The van der Waals surface area contributed by atoms with E-state index in [-0.39, 0.29) is 30.0 Å². The van der Waals surface area contributed by atoms with Gasteiger partial charge in [0.05, 0.1) is 17.0 Å². The van der Waals surface area contributed by atoms with E-state index in [0.29, 0.717) is 39.1 Å². The number of likely N-dealkylation sites (tertiary alicyclic amines) is 1. The van der Waals surface area contributed by atoms with E-state index >= 15 is 0 Å². The molecule has 1 amide bonds. The number of carbonyl (C=O) groups excluding carboxylic acids is 1. The fourth-order valence-electron chi connectivity index (χ4n) is 5.77. The minimum Gasteiger partial charge on any atom is -0.352 e. The maximum Gasteiger partial charge on any atom is 0.262 e. The number of carbonyl (C=O) groups is 1. The lowest BCUT2D eigenvalue weighted by atomic mass is 9.71. The standard InChI is InChI=1S/C30H34ClN5O2/c1-19(2)33-28(37)18-36-29(23-4-3-5-25(31)14-23)34-27-7-6-22(15-26(27)30(36)38)24-12-21(13-24)17-35-10-8-20(16-32)9-11-35/h3-7,14-15,19-21,24H,8-13,17-18H2,1-2H3,(H,33,37)/t21-,24+. The van der Waals surface area contributed by atoms with Crippen LogP contribution in [0.3, 0.4) is 0 Å². The average Bonchev–Trinajstić information content (AvgIpc) is 2.87. The smallest absolute Gasteiger partial charge is 0.262 e. The van der Waals surface area contributed by atoms with Crippen LogP contribution in [0.2, 0.25) is 5.02 Å². The van der Waals surface area contributed by atoms with Crippen LogP contribution in [0.25, 0.3) is 22.3 Å². The first-order valence-electron chi connectivity index (χ1n) is 13.5. The van der Waals surface area contributed by atoms with Gasteiger partial charge in [-0.2, -0.15) is 5.26 Å². The second-order valence-corrected chi connectivity index (χ2v) is 11.5. The fourth-order valence-corrected chi connectivity index (χ4v) is 5.96. The summed E-state index contributed by atoms with van der Waals surface area (Å²) >= 11 is 6.23. The Labute approximate surface area is 228 Å². The van der Waals surface area contributed by atoms with Gasteiger partial charge in [0.2, 0.25) is 5.91 Å². The third kappa shape index (κ3) is 5.77. The number of hydrogen-bond donors (Lipinski definition) is 1. The number of fused-ring (bicyclic) bond motifs is 1. The first-order valence-corrected chi connectivity index (χ1v) is 13.9. The van der Waals surface area contributed by atoms with Crippen molar-refractivity contribution in [3.63, 3.8) is 0 Å². The van der Waals surface area contributed by atoms with Gasteiger partial charge in [0.25, 0.3) is 5.56 Å². The zero-order valence-corrected chi connectivity index (χ0v) is 22.7. The number of halogens is 1. The van der Waals surface area contributed by atoms with Crippen molar-refractivity contribution in [3.05, 3.63) is 63.4 Å². The third-order valence-electron chi connectivity index (χ3n) is 7.81. The van der Waals surface area contributed by atoms with E-state index in [1.165, 1.54) is 4.57 Å². The highest BCUT2D eigenvalue weighted by atomic mass is 35.5. The Hall–Kier alpha value is -3.21. The van der Waals surface area contributed by atoms with Gasteiger partial charge in [-0.05, 0) is 94.3 Å². The topological polar surface area (TPSA) is 91.0 Å². The summed E-state index contributed by atoms with van der Waals surface area (Å²) < 4.78 is 1.46. The molecular formula is C30H34ClN5O2. The Balaban J connectivity index is 1.39. The number of piperidine rings is 1. The van der Waals surface area contributed by atoms with Crippen LogP contribution in [-0.2, 0) is 11.3 Å². The molecule has 38 heavy (non-hydrogen) atoms. The van der Waals surface area contributed by atoms with Gasteiger partial charge in [-0.1, -0.05) is 29.8 Å². The minimum absolute atomic E-state index is 0.0305. The number of nitriles is 1. The quantitative estimate of drug-likeness (QED) is 0.465. The molecule has 2 fully saturated rings. The molecule has 0 bridgehead atoms. The van der Waals surface area contributed by atoms with Crippen molar-refractivity contribution in [2.45, 2.75) is 58.0 Å². The van der Waals surface area contributed by atoms with E-state index in [9.17, 15) is 9.59 Å². The second-order valence-electron chi connectivity index (χ2n) is 11.1. The van der Waals surface area contributed by atoms with Gasteiger partial charge in [0.15, 0.2) is 0 Å². The van der Waals surface area contributed by atoms with Crippen molar-refractivity contribution in [3.8, 4) is 17.5 Å². The van der Waals surface area contributed by atoms with Crippen LogP contribution in [-0.4, -0.2) is 46.0 Å². The summed E-state index contributed by atoms with van der Waals surface area (Å²) in [7, 11) is 0. The molecular weight excluding hydrogens is 498 g/mol. The van der Waals surface area contributed by atoms with Gasteiger partial charge >= 0.3 is 0 Å². The number of hydrogen-bond acceptors (Lipinski definition) is 5. The largest absolute Gasteiger partial charge is 0.352 e. The third-order valence-corrected chi connectivity index (χ3v) is 8.04. The highest BCUT2D eigenvalue weighted by Gasteiger charge is 2.33. The number of aromatic nitrogens is 2. The lowest BCUT2D eigenvalue weighted by molar-refractivity contribution is -0.122. The lowest BCUT2D eigenvalue weighted by Gasteiger charge is -2.40. The van der Waals surface area contributed by atoms with Crippen molar-refractivity contribution in [1.82, 2.24) is 19.8 Å². The summed E-state index contributed by atoms with van der Waals surface area (Å²) in [5.41, 5.74) is 2.25. The minimum atomic E-state index is -0.233. The van der Waals surface area contributed by atoms with Crippen LogP contribution in [0.1, 0.15) is 51.0 Å². The van der Waals surface area contributed by atoms with E-state index < -0.39 is 0 Å². The summed E-state index contributed by atoms with van der Waals surface area (Å²) in [6.07, 6.45) is 4.15. The van der Waals surface area contributed by atoms with E-state index in [0.717, 1.165) is 50.9 Å². The maximum absolute atomic E-state index is 13.8. The zero-order chi connectivity index (χ0) is 26.8. The first-order chi connectivity index (χ1) is 18.3. The molecule has 1 N–H and O–H groups in total. The Morgan fingerprint density at radius 1 is 1.18 bits per heavy atom. The summed E-state index contributed by atoms with van der Waals surface area (Å²) in [6.45, 7) is 6.79. The molecule has 0 radical (unpaired) electrons. The molecule has 0 atom stereocenters. The van der Waals surface area contributed by atoms with E-state index in [1.54, 1.807) is 12.1 Å². The highest BCUT2D eigenvalue weighted by molar-refractivity contribution is 6.30. The monoisotopic (exact) mass is 531 g/mol. The Morgan fingerprint density at radius 2 is 1.95 bits per heavy atom. The molecule has 1 aliphatic carbocycles. The van der Waals surface area contributed by atoms with Gasteiger partial charge in [0, 0.05) is 29.1 Å². The van der Waals surface area contributed by atoms with Crippen LogP contribution in [0.4, 0.5) is 0 Å². The molecule has 1 aliphatic heterocycles. The molecule has 0 unspecified atom stereocenters. The molecule has 0 spiro atoms. The number of rotatable bonds is 7. The van der Waals surface area contributed by atoms with Gasteiger partial charge in [0.1, 0.15) is 12.4 Å². The molecule has 1 aromatic heterocycles. The Bertz CT molecular complexity index is 1430. The molecule has 5 rings (SSSR count). The molecule has 2 aromatic carbocycles. The van der Waals surface area contributed by atoms with Crippen molar-refractivity contribution >= 4 is 28.4 Å². The number of amides is 1. The predicted octanol–water partition coefficient (Wildman–Crippen LogP) is 4.97. The molecule has 2 heterocycles. The van der Waals surface area contributed by atoms with E-state index in [1.807, 2.05) is 38.1 Å². The van der Waals surface area contributed by atoms with Crippen LogP contribution in [0.5, 0.6) is 0 Å². The van der Waals surface area contributed by atoms with Crippen LogP contribution in [0, 0.1) is 23.2 Å². The lowest BCUT2D eigenvalue weighted by Crippen LogP contribution is -2.40. The van der Waals surface area contributed by atoms with Crippen molar-refractivity contribution in [2.75, 3.05) is 19.6 Å². The SMILES string of the molecule is CC(C)NC(=O)Cn1c(-c2cccc(Cl)c2)nc2ccc([C@H]3C[C@@H](CN4CCC(C#N)CC4)C3)cc2c1=O. The maximum atomic E-state index is 13.8. The molecule has 3 aromatic rings. The van der Waals surface area contributed by atoms with Gasteiger partial charge in [-0.3, -0.25) is 14.2 Å². The van der Waals surface area contributed by atoms with Crippen LogP contribution < -0.4 is 10.9 Å². The van der Waals surface area contributed by atoms with Crippen molar-refractivity contribution in [1.29, 1.82) is 5.26 Å². The molecule has 198 valence electrons. The Morgan fingerprint density at radius 3 is 2.63 bits per heavy atom. The van der Waals surface area contributed by atoms with Crippen LogP contribution >= 0.6 is 11.6 Å². The summed E-state index contributed by atoms with van der Waals surface area (Å²) in [5, 5.41) is 13.1. The highest BCUT2D eigenvalue weighted by Crippen LogP contribution is 2.42. The molecule has 2 aliphatic rings. The number of benzene rings is 2. The predicted molar refractivity (Wildman–Crippen MR) is 150 cm³/mol. The van der Waals surface area contributed by atoms with Gasteiger partial charge < -0.3 is 10.2 Å². The molecule has 1 saturated carbocycles. The van der Waals surface area contributed by atoms with E-state index in [2.05, 4.69) is 22.4 Å². The summed E-state index contributed by atoms with van der Waals surface area (Å²) in [6, 6.07) is 15.6. The van der Waals surface area contributed by atoms with E-state index in [4.69, 9.17) is 21.8 Å². The zero-order valence-electron chi connectivity index (χ0n) is 22.0. The van der Waals surface area contributed by atoms with Crippen molar-refractivity contribution < 1.29 is 4.79 Å². The van der Waals surface area contributed by atoms with Gasteiger partial charge in [-0.15, -0.1) is 0 Å². The summed E-state index contributed by atoms with van der Waals surface area (Å²) in [5.74, 6) is 1.48. The van der Waals surface area contributed by atoms with Gasteiger partial charge in [-0.25, -0.2) is 4.98 Å². The molecule has 8 heteroatoms. The van der Waals surface area contributed by atoms with Crippen LogP contribution in [0.15, 0.2) is 47.3 Å². The molecule has 1 saturated heterocycles. The normalized spacial score (nSPS) is 20.3. The fraction of sp³-hybridized carbons (Fsp3) is 0.467. The second kappa shape index (κ2) is 11.3. The number of nitrogens with zero attached hydrogens (tertiary/aromatic N) is 4. The Kier molecular flexibility index (Phi) is 7.83. The summed E-state index contributed by atoms with van der Waals surface area (Å²) in [4.78, 5) is 33.8. The van der Waals surface area contributed by atoms with Crippen molar-refractivity contribution in [2.24, 2.45) is 11.8 Å².